The molecule has 0 N–H and O–H groups in total. The van der Waals surface area contributed by atoms with Crippen molar-refractivity contribution in [2.24, 2.45) is 0 Å². The number of carbonyl (C=O) groups is 1. The molecular formula is C13H15NO6. The van der Waals surface area contributed by atoms with Crippen LogP contribution in [0.2, 0.25) is 0 Å². The van der Waals surface area contributed by atoms with Crippen LogP contribution in [0.25, 0.3) is 6.08 Å². The number of hydrogen-bond acceptors (Lipinski definition) is 6. The van der Waals surface area contributed by atoms with Gasteiger partial charge in [-0.3, -0.25) is 10.1 Å². The molecule has 7 nitrogen and oxygen atoms in total. The van der Waals surface area contributed by atoms with Gasteiger partial charge in [-0.2, -0.15) is 0 Å². The second-order valence-electron chi connectivity index (χ2n) is 3.62. The van der Waals surface area contributed by atoms with Gasteiger partial charge in [-0.25, -0.2) is 4.79 Å². The normalized spacial score (nSPS) is 10.8. The van der Waals surface area contributed by atoms with Crippen molar-refractivity contribution < 1.29 is 23.9 Å². The van der Waals surface area contributed by atoms with E-state index in [1.54, 1.807) is 25.1 Å². The number of methoxy groups -OCH3 is 2. The summed E-state index contributed by atoms with van der Waals surface area (Å²) in [7, 11) is 2.91. The lowest BCUT2D eigenvalue weighted by molar-refractivity contribution is -0.419. The largest absolute Gasteiger partial charge is 0.497 e. The van der Waals surface area contributed by atoms with E-state index in [4.69, 9.17) is 9.47 Å². The van der Waals surface area contributed by atoms with Gasteiger partial charge in [-0.15, -0.1) is 0 Å². The van der Waals surface area contributed by atoms with E-state index in [1.165, 1.54) is 14.2 Å². The maximum Gasteiger partial charge on any atom is 0.409 e. The van der Waals surface area contributed by atoms with Crippen molar-refractivity contribution in [2.45, 2.75) is 6.92 Å². The molecule has 0 heterocycles. The Hall–Kier alpha value is -2.57. The summed E-state index contributed by atoms with van der Waals surface area (Å²) in [6.45, 7) is 1.63. The first kappa shape index (κ1) is 15.5. The minimum atomic E-state index is -0.990. The van der Waals surface area contributed by atoms with Crippen LogP contribution in [-0.2, 0) is 9.53 Å². The third kappa shape index (κ3) is 3.71. The van der Waals surface area contributed by atoms with E-state index in [2.05, 4.69) is 4.74 Å². The Bertz CT molecular complexity index is 538. The highest BCUT2D eigenvalue weighted by Crippen LogP contribution is 2.26. The number of nitrogens with zero attached hydrogens (tertiary/aromatic N) is 1. The first-order chi connectivity index (χ1) is 9.53. The van der Waals surface area contributed by atoms with E-state index in [0.29, 0.717) is 17.1 Å². The molecule has 20 heavy (non-hydrogen) atoms. The lowest BCUT2D eigenvalue weighted by Gasteiger charge is -2.07. The second-order valence-corrected chi connectivity index (χ2v) is 3.62. The van der Waals surface area contributed by atoms with Gasteiger partial charge in [0.25, 0.3) is 0 Å². The predicted molar refractivity (Wildman–Crippen MR) is 71.2 cm³/mol. The zero-order chi connectivity index (χ0) is 15.1. The fraction of sp³-hybridized carbons (Fsp3) is 0.308. The molecule has 0 fully saturated rings. The molecule has 0 saturated heterocycles. The van der Waals surface area contributed by atoms with Gasteiger partial charge in [0, 0.05) is 17.7 Å². The van der Waals surface area contributed by atoms with Crippen LogP contribution in [-0.4, -0.2) is 31.7 Å². The molecule has 0 amide bonds. The number of ether oxygens (including phenoxy) is 3. The topological polar surface area (TPSA) is 87.9 Å². The standard InChI is InChI=1S/C13H15NO6/c1-4-20-13(15)11(14(16)17)7-9-5-6-10(18-2)8-12(9)19-3/h5-8H,4H2,1-3H3/b11-7-. The molecule has 1 rings (SSSR count). The van der Waals surface area contributed by atoms with Gasteiger partial charge in [0.15, 0.2) is 0 Å². The van der Waals surface area contributed by atoms with Crippen LogP contribution in [0.3, 0.4) is 0 Å². The van der Waals surface area contributed by atoms with Gasteiger partial charge in [-0.05, 0) is 19.1 Å². The number of rotatable bonds is 6. The zero-order valence-corrected chi connectivity index (χ0v) is 11.4. The van der Waals surface area contributed by atoms with Gasteiger partial charge in [0.2, 0.25) is 0 Å². The molecule has 0 aliphatic rings. The highest BCUT2D eigenvalue weighted by Gasteiger charge is 2.24. The van der Waals surface area contributed by atoms with Crippen LogP contribution in [0.15, 0.2) is 23.9 Å². The molecule has 0 atom stereocenters. The van der Waals surface area contributed by atoms with E-state index < -0.39 is 16.6 Å². The first-order valence-electron chi connectivity index (χ1n) is 5.78. The maximum atomic E-state index is 11.5. The summed E-state index contributed by atoms with van der Waals surface area (Å²) in [5.74, 6) is -0.0962. The molecule has 0 unspecified atom stereocenters. The van der Waals surface area contributed by atoms with Crippen molar-refractivity contribution in [2.75, 3.05) is 20.8 Å². The van der Waals surface area contributed by atoms with Crippen LogP contribution >= 0.6 is 0 Å². The Morgan fingerprint density at radius 3 is 2.55 bits per heavy atom. The van der Waals surface area contributed by atoms with Gasteiger partial charge in [0.05, 0.1) is 25.7 Å². The molecule has 0 saturated carbocycles. The molecule has 0 spiro atoms. The smallest absolute Gasteiger partial charge is 0.409 e. The Kier molecular flexibility index (Phi) is 5.52. The molecule has 0 bridgehead atoms. The van der Waals surface area contributed by atoms with Crippen LogP contribution in [0, 0.1) is 10.1 Å². The predicted octanol–water partition coefficient (Wildman–Crippen LogP) is 1.88. The molecule has 7 heteroatoms. The van der Waals surface area contributed by atoms with Crippen LogP contribution in [0.1, 0.15) is 12.5 Å². The zero-order valence-electron chi connectivity index (χ0n) is 11.4. The van der Waals surface area contributed by atoms with Gasteiger partial charge < -0.3 is 14.2 Å². The Labute approximate surface area is 115 Å². The van der Waals surface area contributed by atoms with Crippen molar-refractivity contribution in [3.05, 3.63) is 39.6 Å². The number of benzene rings is 1. The summed E-state index contributed by atoms with van der Waals surface area (Å²) in [5, 5.41) is 10.9. The minimum absolute atomic E-state index is 0.0593. The lowest BCUT2D eigenvalue weighted by Crippen LogP contribution is -2.14. The minimum Gasteiger partial charge on any atom is -0.497 e. The van der Waals surface area contributed by atoms with Crippen molar-refractivity contribution >= 4 is 12.0 Å². The Morgan fingerprint density at radius 1 is 1.35 bits per heavy atom. The van der Waals surface area contributed by atoms with Gasteiger partial charge >= 0.3 is 11.7 Å². The van der Waals surface area contributed by atoms with E-state index in [-0.39, 0.29) is 6.61 Å². The molecule has 0 aromatic heterocycles. The van der Waals surface area contributed by atoms with Crippen LogP contribution < -0.4 is 9.47 Å². The molecule has 0 radical (unpaired) electrons. The van der Waals surface area contributed by atoms with Crippen LogP contribution in [0.5, 0.6) is 11.5 Å². The third-order valence-electron chi connectivity index (χ3n) is 2.41. The van der Waals surface area contributed by atoms with E-state index >= 15 is 0 Å². The number of carbonyl (C=O) groups excluding carboxylic acids is 1. The quantitative estimate of drug-likeness (QED) is 0.342. The van der Waals surface area contributed by atoms with Crippen molar-refractivity contribution in [3.63, 3.8) is 0 Å². The monoisotopic (exact) mass is 281 g/mol. The fourth-order valence-corrected chi connectivity index (χ4v) is 1.48. The molecule has 1 aromatic carbocycles. The van der Waals surface area contributed by atoms with Gasteiger partial charge in [0.1, 0.15) is 11.5 Å². The molecule has 108 valence electrons. The summed E-state index contributed by atoms with van der Waals surface area (Å²) in [6.07, 6.45) is 1.11. The Morgan fingerprint density at radius 2 is 2.05 bits per heavy atom. The number of hydrogen-bond donors (Lipinski definition) is 0. The molecule has 1 aromatic rings. The summed E-state index contributed by atoms with van der Waals surface area (Å²) >= 11 is 0. The van der Waals surface area contributed by atoms with Gasteiger partial charge in [-0.1, -0.05) is 0 Å². The van der Waals surface area contributed by atoms with Crippen LogP contribution in [0.4, 0.5) is 0 Å². The average molecular weight is 281 g/mol. The van der Waals surface area contributed by atoms with E-state index in [9.17, 15) is 14.9 Å². The molecule has 0 aliphatic carbocycles. The summed E-state index contributed by atoms with van der Waals surface area (Å²) in [6, 6.07) is 4.73. The fourth-order valence-electron chi connectivity index (χ4n) is 1.48. The highest BCUT2D eigenvalue weighted by molar-refractivity contribution is 5.91. The van der Waals surface area contributed by atoms with Crippen molar-refractivity contribution in [3.8, 4) is 11.5 Å². The molecule has 0 aliphatic heterocycles. The van der Waals surface area contributed by atoms with E-state index in [0.717, 1.165) is 6.08 Å². The first-order valence-corrected chi connectivity index (χ1v) is 5.78. The lowest BCUT2D eigenvalue weighted by atomic mass is 10.1. The van der Waals surface area contributed by atoms with Crippen molar-refractivity contribution in [1.29, 1.82) is 0 Å². The summed E-state index contributed by atoms with van der Waals surface area (Å²) in [5.41, 5.74) is -0.275. The summed E-state index contributed by atoms with van der Waals surface area (Å²) in [4.78, 5) is 21.6. The van der Waals surface area contributed by atoms with E-state index in [1.807, 2.05) is 0 Å². The Balaban J connectivity index is 3.23. The summed E-state index contributed by atoms with van der Waals surface area (Å²) < 4.78 is 14.8. The third-order valence-corrected chi connectivity index (χ3v) is 2.41. The SMILES string of the molecule is CCOC(=O)/C(=C/c1ccc(OC)cc1OC)[N+](=O)[O-]. The molecular weight excluding hydrogens is 266 g/mol. The average Bonchev–Trinajstić information content (AvgIpc) is 2.44. The second kappa shape index (κ2) is 7.13. The highest BCUT2D eigenvalue weighted by atomic mass is 16.6. The maximum absolute atomic E-state index is 11.5. The number of nitro groups is 1. The van der Waals surface area contributed by atoms with Crippen molar-refractivity contribution in [1.82, 2.24) is 0 Å². The number of esters is 1.